The highest BCUT2D eigenvalue weighted by Gasteiger charge is 2.17. The first-order valence-electron chi connectivity index (χ1n) is 6.97. The summed E-state index contributed by atoms with van der Waals surface area (Å²) in [4.78, 5) is 11.6. The predicted molar refractivity (Wildman–Crippen MR) is 88.2 cm³/mol. The van der Waals surface area contributed by atoms with Crippen LogP contribution in [0, 0.1) is 13.8 Å². The molecule has 0 saturated heterocycles. The van der Waals surface area contributed by atoms with Crippen LogP contribution in [-0.4, -0.2) is 13.0 Å². The summed E-state index contributed by atoms with van der Waals surface area (Å²) in [6, 6.07) is 9.80. The summed E-state index contributed by atoms with van der Waals surface area (Å²) >= 11 is 0. The fraction of sp³-hybridized carbons (Fsp3) is 0.188. The van der Waals surface area contributed by atoms with Crippen molar-refractivity contribution in [3.63, 3.8) is 0 Å². The van der Waals surface area contributed by atoms with Crippen LogP contribution in [0.15, 0.2) is 50.5 Å². The van der Waals surface area contributed by atoms with E-state index in [9.17, 15) is 13.2 Å². The molecule has 23 heavy (non-hydrogen) atoms. The third-order valence-electron chi connectivity index (χ3n) is 3.55. The first-order chi connectivity index (χ1) is 10.8. The Hall–Kier alpha value is -2.54. The Morgan fingerprint density at radius 3 is 2.35 bits per heavy atom. The molecular formula is C16H16N2O4S. The number of nitrogens with one attached hydrogen (secondary N) is 1. The molecule has 0 fully saturated rings. The van der Waals surface area contributed by atoms with Gasteiger partial charge in [-0.15, -0.1) is 0 Å². The van der Waals surface area contributed by atoms with Gasteiger partial charge in [-0.3, -0.25) is 9.29 Å². The summed E-state index contributed by atoms with van der Waals surface area (Å²) in [6.45, 7) is 3.80. The second-order valence-electron chi connectivity index (χ2n) is 5.54. The zero-order chi connectivity index (χ0) is 16.8. The number of fused-ring (bicyclic) bond motifs is 1. The van der Waals surface area contributed by atoms with Crippen molar-refractivity contribution in [2.45, 2.75) is 18.7 Å². The summed E-state index contributed by atoms with van der Waals surface area (Å²) in [7, 11) is -2.22. The molecule has 7 heteroatoms. The maximum absolute atomic E-state index is 12.6. The van der Waals surface area contributed by atoms with Gasteiger partial charge >= 0.3 is 5.76 Å². The topological polar surface area (TPSA) is 81.3 Å². The molecule has 1 aromatic heterocycles. The molecule has 0 amide bonds. The molecule has 1 N–H and O–H groups in total. The first kappa shape index (κ1) is 15.4. The summed E-state index contributed by atoms with van der Waals surface area (Å²) in [6.07, 6.45) is 0. The fourth-order valence-corrected chi connectivity index (χ4v) is 3.58. The van der Waals surface area contributed by atoms with Crippen LogP contribution in [0.4, 0.5) is 5.69 Å². The van der Waals surface area contributed by atoms with Gasteiger partial charge in [0.05, 0.1) is 10.4 Å². The third kappa shape index (κ3) is 2.87. The molecule has 0 radical (unpaired) electrons. The molecule has 120 valence electrons. The van der Waals surface area contributed by atoms with Crippen LogP contribution in [0.2, 0.25) is 0 Å². The predicted octanol–water partition coefficient (Wildman–Crippen LogP) is 2.55. The third-order valence-corrected chi connectivity index (χ3v) is 4.93. The standard InChI is InChI=1S/C16H16N2O4S/c1-10-6-11(2)8-12(7-10)17-23(20,21)13-4-5-15-14(9-13)18(3)16(19)22-15/h4-9,17H,1-3H3. The van der Waals surface area contributed by atoms with E-state index in [1.54, 1.807) is 12.1 Å². The van der Waals surface area contributed by atoms with E-state index in [2.05, 4.69) is 4.72 Å². The van der Waals surface area contributed by atoms with Crippen molar-refractivity contribution in [2.75, 3.05) is 4.72 Å². The van der Waals surface area contributed by atoms with Crippen LogP contribution in [0.25, 0.3) is 11.1 Å². The number of aromatic nitrogens is 1. The van der Waals surface area contributed by atoms with Gasteiger partial charge in [0.15, 0.2) is 5.58 Å². The highest BCUT2D eigenvalue weighted by Crippen LogP contribution is 2.22. The normalized spacial score (nSPS) is 11.8. The van der Waals surface area contributed by atoms with Gasteiger partial charge in [0.1, 0.15) is 0 Å². The lowest BCUT2D eigenvalue weighted by molar-refractivity contribution is 0.528. The Kier molecular flexibility index (Phi) is 3.52. The minimum Gasteiger partial charge on any atom is -0.408 e. The molecule has 0 aliphatic heterocycles. The molecule has 0 aliphatic rings. The molecule has 0 saturated carbocycles. The molecule has 0 bridgehead atoms. The number of benzene rings is 2. The summed E-state index contributed by atoms with van der Waals surface area (Å²) < 4.78 is 34.0. The minimum absolute atomic E-state index is 0.0700. The van der Waals surface area contributed by atoms with Crippen LogP contribution in [0.3, 0.4) is 0 Å². The van der Waals surface area contributed by atoms with Crippen molar-refractivity contribution in [2.24, 2.45) is 7.05 Å². The number of rotatable bonds is 3. The molecule has 3 aromatic rings. The van der Waals surface area contributed by atoms with Crippen LogP contribution in [0.5, 0.6) is 0 Å². The smallest absolute Gasteiger partial charge is 0.408 e. The number of aryl methyl sites for hydroxylation is 3. The van der Waals surface area contributed by atoms with Crippen molar-refractivity contribution >= 4 is 26.8 Å². The Bertz CT molecular complexity index is 1040. The van der Waals surface area contributed by atoms with Crippen molar-refractivity contribution in [1.82, 2.24) is 4.57 Å². The van der Waals surface area contributed by atoms with E-state index >= 15 is 0 Å². The molecule has 6 nitrogen and oxygen atoms in total. The molecule has 0 aliphatic carbocycles. The van der Waals surface area contributed by atoms with E-state index in [0.717, 1.165) is 11.1 Å². The minimum atomic E-state index is -3.75. The van der Waals surface area contributed by atoms with E-state index < -0.39 is 15.8 Å². The number of hydrogen-bond donors (Lipinski definition) is 1. The SMILES string of the molecule is Cc1cc(C)cc(NS(=O)(=O)c2ccc3oc(=O)n(C)c3c2)c1. The van der Waals surface area contributed by atoms with Crippen molar-refractivity contribution in [3.8, 4) is 0 Å². The molecular weight excluding hydrogens is 316 g/mol. The molecule has 1 heterocycles. The van der Waals surface area contributed by atoms with Crippen LogP contribution in [-0.2, 0) is 17.1 Å². The summed E-state index contributed by atoms with van der Waals surface area (Å²) in [5.41, 5.74) is 3.22. The lowest BCUT2D eigenvalue weighted by Crippen LogP contribution is -2.13. The molecule has 0 atom stereocenters. The van der Waals surface area contributed by atoms with Gasteiger partial charge in [-0.25, -0.2) is 13.2 Å². The lowest BCUT2D eigenvalue weighted by Gasteiger charge is -2.10. The first-order valence-corrected chi connectivity index (χ1v) is 8.45. The number of anilines is 1. The molecule has 3 rings (SSSR count). The van der Waals surface area contributed by atoms with E-state index in [4.69, 9.17) is 4.42 Å². The Labute approximate surface area is 133 Å². The van der Waals surface area contributed by atoms with Gasteiger partial charge < -0.3 is 4.42 Å². The van der Waals surface area contributed by atoms with Gasteiger partial charge in [0.25, 0.3) is 10.0 Å². The monoisotopic (exact) mass is 332 g/mol. The van der Waals surface area contributed by atoms with E-state index in [1.807, 2.05) is 19.9 Å². The zero-order valence-corrected chi connectivity index (χ0v) is 13.8. The average Bonchev–Trinajstić information content (AvgIpc) is 2.72. The number of nitrogens with zero attached hydrogens (tertiary/aromatic N) is 1. The fourth-order valence-electron chi connectivity index (χ4n) is 2.52. The van der Waals surface area contributed by atoms with Gasteiger partial charge in [-0.05, 0) is 55.3 Å². The Morgan fingerprint density at radius 2 is 1.70 bits per heavy atom. The summed E-state index contributed by atoms with van der Waals surface area (Å²) in [5, 5.41) is 0. The number of oxazole rings is 1. The van der Waals surface area contributed by atoms with E-state index in [1.165, 1.54) is 29.8 Å². The second-order valence-corrected chi connectivity index (χ2v) is 7.22. The van der Waals surface area contributed by atoms with E-state index in [0.29, 0.717) is 16.8 Å². The maximum atomic E-state index is 12.6. The number of sulfonamides is 1. The van der Waals surface area contributed by atoms with Crippen molar-refractivity contribution in [3.05, 3.63) is 58.1 Å². The average molecular weight is 332 g/mol. The Balaban J connectivity index is 2.05. The molecule has 0 spiro atoms. The number of hydrogen-bond acceptors (Lipinski definition) is 4. The van der Waals surface area contributed by atoms with Crippen LogP contribution < -0.4 is 10.5 Å². The van der Waals surface area contributed by atoms with E-state index in [-0.39, 0.29) is 4.90 Å². The maximum Gasteiger partial charge on any atom is 0.419 e. The molecule has 0 unspecified atom stereocenters. The van der Waals surface area contributed by atoms with Crippen molar-refractivity contribution < 1.29 is 12.8 Å². The van der Waals surface area contributed by atoms with Gasteiger partial charge in [-0.2, -0.15) is 0 Å². The largest absolute Gasteiger partial charge is 0.419 e. The molecule has 2 aromatic carbocycles. The lowest BCUT2D eigenvalue weighted by atomic mass is 10.1. The van der Waals surface area contributed by atoms with Gasteiger partial charge in [0, 0.05) is 12.7 Å². The zero-order valence-electron chi connectivity index (χ0n) is 13.0. The van der Waals surface area contributed by atoms with Crippen molar-refractivity contribution in [1.29, 1.82) is 0 Å². The van der Waals surface area contributed by atoms with Gasteiger partial charge in [0.2, 0.25) is 0 Å². The Morgan fingerprint density at radius 1 is 1.04 bits per heavy atom. The second kappa shape index (κ2) is 5.27. The van der Waals surface area contributed by atoms with Gasteiger partial charge in [-0.1, -0.05) is 6.07 Å². The van der Waals surface area contributed by atoms with Crippen LogP contribution >= 0.6 is 0 Å². The quantitative estimate of drug-likeness (QED) is 0.799. The highest BCUT2D eigenvalue weighted by atomic mass is 32.2. The van der Waals surface area contributed by atoms with Crippen LogP contribution in [0.1, 0.15) is 11.1 Å². The summed E-state index contributed by atoms with van der Waals surface area (Å²) in [5.74, 6) is -0.531. The highest BCUT2D eigenvalue weighted by molar-refractivity contribution is 7.92.